The summed E-state index contributed by atoms with van der Waals surface area (Å²) in [7, 11) is 0. The molecule has 0 saturated carbocycles. The first-order chi connectivity index (χ1) is 29.6. The third-order valence-corrected chi connectivity index (χ3v) is 14.9. The lowest BCUT2D eigenvalue weighted by atomic mass is 9.76. The van der Waals surface area contributed by atoms with Crippen molar-refractivity contribution in [2.24, 2.45) is 0 Å². The molecule has 8 aromatic carbocycles. The Morgan fingerprint density at radius 1 is 0.574 bits per heavy atom. The summed E-state index contributed by atoms with van der Waals surface area (Å²) in [5.74, 6) is 0.364. The van der Waals surface area contributed by atoms with Gasteiger partial charge in [0.15, 0.2) is 0 Å². The van der Waals surface area contributed by atoms with E-state index in [-0.39, 0.29) is 23.2 Å². The standard InChI is InChI=1S/C57H47F3S/c1-36(49(39-17-8-5-9-18-39)33-37-25-29-42(30-26-37)57(58,59)60)41-28-32-48-51(34-41)56(2,3)52-35-50(44-20-10-11-22-46(44)54(48)52)43(38-15-6-4-7-16-38)31-27-40-19-14-23-47-45-21-12-13-24-53(45)61-55(40)47/h4-26,28-30,32,34-36,43,49H,27,31,33H2,1-3H3. The summed E-state index contributed by atoms with van der Waals surface area (Å²) in [6.45, 7) is 7.03. The molecule has 4 heteroatoms. The summed E-state index contributed by atoms with van der Waals surface area (Å²) in [5.41, 5.74) is 11.8. The molecule has 1 heterocycles. The lowest BCUT2D eigenvalue weighted by Crippen LogP contribution is -2.17. The number of alkyl halides is 3. The Hall–Kier alpha value is -5.97. The second-order valence-corrected chi connectivity index (χ2v) is 18.5. The second-order valence-electron chi connectivity index (χ2n) is 17.5. The van der Waals surface area contributed by atoms with Crippen molar-refractivity contribution in [1.82, 2.24) is 0 Å². The van der Waals surface area contributed by atoms with Gasteiger partial charge in [-0.05, 0) is 116 Å². The zero-order valence-corrected chi connectivity index (χ0v) is 35.5. The molecule has 1 aromatic heterocycles. The van der Waals surface area contributed by atoms with E-state index in [4.69, 9.17) is 0 Å². The maximum Gasteiger partial charge on any atom is 0.416 e. The van der Waals surface area contributed by atoms with Crippen LogP contribution in [0.3, 0.4) is 0 Å². The Morgan fingerprint density at radius 3 is 1.93 bits per heavy atom. The monoisotopic (exact) mass is 820 g/mol. The Kier molecular flexibility index (Phi) is 9.95. The zero-order valence-electron chi connectivity index (χ0n) is 34.6. The SMILES string of the molecule is CC(c1ccc2c(c1)C(C)(C)c1cc(C(CCc3cccc4c3sc3ccccc34)c3ccccc3)c3ccccc3c1-2)C(Cc1ccc(C(F)(F)F)cc1)c1ccccc1. The molecule has 0 nitrogen and oxygen atoms in total. The third kappa shape index (κ3) is 7.05. The van der Waals surface area contributed by atoms with E-state index in [0.717, 1.165) is 18.4 Å². The predicted octanol–water partition coefficient (Wildman–Crippen LogP) is 16.4. The van der Waals surface area contributed by atoms with Crippen molar-refractivity contribution in [3.8, 4) is 11.1 Å². The van der Waals surface area contributed by atoms with Gasteiger partial charge in [0, 0.05) is 31.5 Å². The summed E-state index contributed by atoms with van der Waals surface area (Å²) < 4.78 is 43.1. The van der Waals surface area contributed by atoms with Crippen molar-refractivity contribution >= 4 is 42.3 Å². The highest BCUT2D eigenvalue weighted by Gasteiger charge is 2.39. The first-order valence-electron chi connectivity index (χ1n) is 21.4. The number of thiophene rings is 1. The van der Waals surface area contributed by atoms with Crippen LogP contribution in [0.25, 0.3) is 42.1 Å². The van der Waals surface area contributed by atoms with Gasteiger partial charge in [0.2, 0.25) is 0 Å². The van der Waals surface area contributed by atoms with Crippen LogP contribution in [0.5, 0.6) is 0 Å². The Balaban J connectivity index is 1.04. The number of rotatable bonds is 10. The molecule has 0 amide bonds. The van der Waals surface area contributed by atoms with Crippen LogP contribution in [0.2, 0.25) is 0 Å². The van der Waals surface area contributed by atoms with E-state index >= 15 is 0 Å². The van der Waals surface area contributed by atoms with Crippen LogP contribution in [-0.2, 0) is 24.4 Å². The summed E-state index contributed by atoms with van der Waals surface area (Å²) >= 11 is 1.91. The first-order valence-corrected chi connectivity index (χ1v) is 22.2. The van der Waals surface area contributed by atoms with Crippen molar-refractivity contribution in [3.05, 3.63) is 226 Å². The smallest absolute Gasteiger partial charge is 0.166 e. The van der Waals surface area contributed by atoms with Gasteiger partial charge in [0.25, 0.3) is 0 Å². The fourth-order valence-electron chi connectivity index (χ4n) is 10.3. The molecule has 0 fully saturated rings. The van der Waals surface area contributed by atoms with Crippen LogP contribution in [0.1, 0.15) is 95.0 Å². The fourth-order valence-corrected chi connectivity index (χ4v) is 11.5. The fraction of sp³-hybridized carbons (Fsp3) is 0.193. The summed E-state index contributed by atoms with van der Waals surface area (Å²) in [4.78, 5) is 0. The Labute approximate surface area is 360 Å². The number of halogens is 3. The van der Waals surface area contributed by atoms with Gasteiger partial charge >= 0.3 is 6.18 Å². The van der Waals surface area contributed by atoms with Crippen LogP contribution < -0.4 is 0 Å². The number of hydrogen-bond acceptors (Lipinski definition) is 1. The molecule has 3 atom stereocenters. The van der Waals surface area contributed by atoms with E-state index in [1.54, 1.807) is 12.1 Å². The van der Waals surface area contributed by atoms with E-state index in [1.807, 2.05) is 17.4 Å². The van der Waals surface area contributed by atoms with Crippen LogP contribution in [0.4, 0.5) is 13.2 Å². The summed E-state index contributed by atoms with van der Waals surface area (Å²) in [6.07, 6.45) is -1.77. The molecule has 0 aliphatic heterocycles. The predicted molar refractivity (Wildman–Crippen MR) is 250 cm³/mol. The zero-order chi connectivity index (χ0) is 41.9. The minimum atomic E-state index is -4.36. The van der Waals surface area contributed by atoms with Crippen molar-refractivity contribution in [3.63, 3.8) is 0 Å². The van der Waals surface area contributed by atoms with Crippen molar-refractivity contribution < 1.29 is 13.2 Å². The lowest BCUT2D eigenvalue weighted by Gasteiger charge is -2.28. The summed E-state index contributed by atoms with van der Waals surface area (Å²) in [5, 5.41) is 5.28. The molecule has 0 saturated heterocycles. The molecule has 0 spiro atoms. The normalized spacial score (nSPS) is 14.9. The average molecular weight is 821 g/mol. The van der Waals surface area contributed by atoms with Gasteiger partial charge in [-0.25, -0.2) is 0 Å². The van der Waals surface area contributed by atoms with Crippen LogP contribution >= 0.6 is 11.3 Å². The van der Waals surface area contributed by atoms with Crippen molar-refractivity contribution in [1.29, 1.82) is 0 Å². The van der Waals surface area contributed by atoms with E-state index in [0.29, 0.717) is 6.42 Å². The van der Waals surface area contributed by atoms with Crippen LogP contribution in [0, 0.1) is 0 Å². The molecule has 61 heavy (non-hydrogen) atoms. The number of benzene rings is 8. The molecule has 1 aliphatic rings. The van der Waals surface area contributed by atoms with E-state index in [2.05, 4.69) is 166 Å². The van der Waals surface area contributed by atoms with Crippen LogP contribution in [-0.4, -0.2) is 0 Å². The molecule has 9 aromatic rings. The molecule has 10 rings (SSSR count). The van der Waals surface area contributed by atoms with Gasteiger partial charge in [-0.2, -0.15) is 13.2 Å². The highest BCUT2D eigenvalue weighted by atomic mass is 32.1. The maximum atomic E-state index is 13.5. The molecule has 0 radical (unpaired) electrons. The molecular weight excluding hydrogens is 774 g/mol. The van der Waals surface area contributed by atoms with Crippen molar-refractivity contribution in [2.75, 3.05) is 0 Å². The topological polar surface area (TPSA) is 0 Å². The molecular formula is C57H47F3S. The van der Waals surface area contributed by atoms with Gasteiger partial charge in [-0.1, -0.05) is 178 Å². The van der Waals surface area contributed by atoms with Gasteiger partial charge < -0.3 is 0 Å². The second kappa shape index (κ2) is 15.5. The first kappa shape index (κ1) is 39.2. The van der Waals surface area contributed by atoms with Crippen LogP contribution in [0.15, 0.2) is 176 Å². The van der Waals surface area contributed by atoms with E-state index in [1.165, 1.54) is 93.1 Å². The highest BCUT2D eigenvalue weighted by molar-refractivity contribution is 7.26. The molecule has 302 valence electrons. The minimum Gasteiger partial charge on any atom is -0.166 e. The Bertz CT molecular complexity index is 3030. The molecule has 0 N–H and O–H groups in total. The average Bonchev–Trinajstić information content (AvgIpc) is 3.78. The van der Waals surface area contributed by atoms with Crippen molar-refractivity contribution in [2.45, 2.75) is 69.4 Å². The van der Waals surface area contributed by atoms with E-state index < -0.39 is 11.7 Å². The van der Waals surface area contributed by atoms with Gasteiger partial charge in [-0.3, -0.25) is 0 Å². The van der Waals surface area contributed by atoms with Gasteiger partial charge in [0.05, 0.1) is 5.56 Å². The van der Waals surface area contributed by atoms with E-state index in [9.17, 15) is 13.2 Å². The number of hydrogen-bond donors (Lipinski definition) is 0. The quantitative estimate of drug-likeness (QED) is 0.129. The largest absolute Gasteiger partial charge is 0.416 e. The third-order valence-electron chi connectivity index (χ3n) is 13.6. The molecule has 3 unspecified atom stereocenters. The maximum absolute atomic E-state index is 13.5. The number of fused-ring (bicyclic) bond motifs is 8. The minimum absolute atomic E-state index is 0.0698. The summed E-state index contributed by atoms with van der Waals surface area (Å²) in [6, 6.07) is 61.4. The van der Waals surface area contributed by atoms with Gasteiger partial charge in [-0.15, -0.1) is 11.3 Å². The lowest BCUT2D eigenvalue weighted by molar-refractivity contribution is -0.137. The molecule has 0 bridgehead atoms. The van der Waals surface area contributed by atoms with Gasteiger partial charge in [0.1, 0.15) is 0 Å². The number of aryl methyl sites for hydroxylation is 1. The molecule has 1 aliphatic carbocycles. The Morgan fingerprint density at radius 2 is 1.21 bits per heavy atom. The highest BCUT2D eigenvalue weighted by Crippen LogP contribution is 2.54.